The fraction of sp³-hybridized carbons (Fsp3) is 0.714. The van der Waals surface area contributed by atoms with Crippen molar-refractivity contribution in [1.82, 2.24) is 14.9 Å². The molecule has 1 aromatic heterocycles. The maximum Gasteiger partial charge on any atom is 0.137 e. The van der Waals surface area contributed by atoms with Crippen molar-refractivity contribution in [2.24, 2.45) is 0 Å². The van der Waals surface area contributed by atoms with Crippen molar-refractivity contribution < 1.29 is 0 Å². The molecule has 0 aromatic carbocycles. The van der Waals surface area contributed by atoms with Gasteiger partial charge in [0.2, 0.25) is 0 Å². The quantitative estimate of drug-likeness (QED) is 0.779. The van der Waals surface area contributed by atoms with E-state index in [1.165, 1.54) is 0 Å². The molecule has 0 spiro atoms. The summed E-state index contributed by atoms with van der Waals surface area (Å²) in [5, 5.41) is 0.509. The molecule has 108 valence electrons. The molecule has 0 aliphatic heterocycles. The standard InChI is InChI=1S/C14H25ClN4/c1-14(2,3)13-16-11(15)10-12(17-13)19(6)9-7-8-18(4)5/h10H,7-9H2,1-6H3. The highest BCUT2D eigenvalue weighted by Crippen LogP contribution is 2.23. The first-order valence-electron chi connectivity index (χ1n) is 6.61. The van der Waals surface area contributed by atoms with Gasteiger partial charge in [0.15, 0.2) is 0 Å². The van der Waals surface area contributed by atoms with Crippen LogP contribution < -0.4 is 4.90 Å². The molecule has 0 N–H and O–H groups in total. The second-order valence-electron chi connectivity index (χ2n) is 6.20. The van der Waals surface area contributed by atoms with Crippen LogP contribution in [-0.4, -0.2) is 49.1 Å². The van der Waals surface area contributed by atoms with E-state index in [0.29, 0.717) is 5.15 Å². The normalized spacial score (nSPS) is 12.0. The fourth-order valence-corrected chi connectivity index (χ4v) is 1.85. The number of nitrogens with zero attached hydrogens (tertiary/aromatic N) is 4. The molecule has 0 unspecified atom stereocenters. The molecule has 4 nitrogen and oxygen atoms in total. The van der Waals surface area contributed by atoms with Crippen LogP contribution in [0.15, 0.2) is 6.07 Å². The van der Waals surface area contributed by atoms with Crippen LogP contribution in [0, 0.1) is 0 Å². The maximum atomic E-state index is 6.10. The Morgan fingerprint density at radius 3 is 2.26 bits per heavy atom. The number of anilines is 1. The smallest absolute Gasteiger partial charge is 0.137 e. The van der Waals surface area contributed by atoms with E-state index in [2.05, 4.69) is 54.6 Å². The summed E-state index contributed by atoms with van der Waals surface area (Å²) >= 11 is 6.10. The van der Waals surface area contributed by atoms with Crippen molar-refractivity contribution in [2.75, 3.05) is 39.1 Å². The summed E-state index contributed by atoms with van der Waals surface area (Å²) in [6.45, 7) is 8.29. The van der Waals surface area contributed by atoms with Crippen molar-refractivity contribution in [3.05, 3.63) is 17.0 Å². The van der Waals surface area contributed by atoms with E-state index in [0.717, 1.165) is 31.2 Å². The number of halogens is 1. The van der Waals surface area contributed by atoms with Gasteiger partial charge in [-0.2, -0.15) is 0 Å². The van der Waals surface area contributed by atoms with Gasteiger partial charge in [-0.3, -0.25) is 0 Å². The summed E-state index contributed by atoms with van der Waals surface area (Å²) in [6, 6.07) is 1.83. The number of hydrogen-bond donors (Lipinski definition) is 0. The lowest BCUT2D eigenvalue weighted by molar-refractivity contribution is 0.401. The van der Waals surface area contributed by atoms with E-state index in [4.69, 9.17) is 11.6 Å². The van der Waals surface area contributed by atoms with E-state index in [9.17, 15) is 0 Å². The van der Waals surface area contributed by atoms with Gasteiger partial charge in [-0.15, -0.1) is 0 Å². The van der Waals surface area contributed by atoms with E-state index in [-0.39, 0.29) is 5.41 Å². The zero-order chi connectivity index (χ0) is 14.6. The highest BCUT2D eigenvalue weighted by molar-refractivity contribution is 6.29. The predicted octanol–water partition coefficient (Wildman–Crippen LogP) is 2.82. The first-order chi connectivity index (χ1) is 8.70. The van der Waals surface area contributed by atoms with Crippen molar-refractivity contribution >= 4 is 17.4 Å². The van der Waals surface area contributed by atoms with Crippen molar-refractivity contribution in [2.45, 2.75) is 32.6 Å². The third-order valence-electron chi connectivity index (χ3n) is 2.84. The highest BCUT2D eigenvalue weighted by atomic mass is 35.5. The maximum absolute atomic E-state index is 6.10. The first kappa shape index (κ1) is 16.2. The monoisotopic (exact) mass is 284 g/mol. The SMILES string of the molecule is CN(C)CCCN(C)c1cc(Cl)nc(C(C)(C)C)n1. The summed E-state index contributed by atoms with van der Waals surface area (Å²) in [5.74, 6) is 1.68. The molecule has 0 aliphatic rings. The first-order valence-corrected chi connectivity index (χ1v) is 6.99. The number of aromatic nitrogens is 2. The van der Waals surface area contributed by atoms with E-state index in [1.807, 2.05) is 13.1 Å². The third-order valence-corrected chi connectivity index (χ3v) is 3.04. The predicted molar refractivity (Wildman–Crippen MR) is 82.2 cm³/mol. The van der Waals surface area contributed by atoms with Gasteiger partial charge in [0.1, 0.15) is 16.8 Å². The molecule has 0 amide bonds. The van der Waals surface area contributed by atoms with Gasteiger partial charge < -0.3 is 9.80 Å². The van der Waals surface area contributed by atoms with Crippen LogP contribution in [0.3, 0.4) is 0 Å². The van der Waals surface area contributed by atoms with E-state index >= 15 is 0 Å². The topological polar surface area (TPSA) is 32.3 Å². The second kappa shape index (κ2) is 6.53. The Hall–Kier alpha value is -0.870. The van der Waals surface area contributed by atoms with Gasteiger partial charge in [-0.1, -0.05) is 32.4 Å². The Morgan fingerprint density at radius 1 is 1.11 bits per heavy atom. The highest BCUT2D eigenvalue weighted by Gasteiger charge is 2.19. The lowest BCUT2D eigenvalue weighted by Crippen LogP contribution is -2.25. The van der Waals surface area contributed by atoms with Crippen LogP contribution in [0.2, 0.25) is 5.15 Å². The minimum Gasteiger partial charge on any atom is -0.359 e. The van der Waals surface area contributed by atoms with Gasteiger partial charge >= 0.3 is 0 Å². The van der Waals surface area contributed by atoms with Crippen molar-refractivity contribution in [1.29, 1.82) is 0 Å². The summed E-state index contributed by atoms with van der Waals surface area (Å²) in [4.78, 5) is 13.2. The molecule has 1 rings (SSSR count). The van der Waals surface area contributed by atoms with Crippen LogP contribution in [0.25, 0.3) is 0 Å². The molecule has 0 atom stereocenters. The Morgan fingerprint density at radius 2 is 1.74 bits per heavy atom. The molecule has 1 heterocycles. The Bertz CT molecular complexity index is 412. The van der Waals surface area contributed by atoms with Crippen molar-refractivity contribution in [3.63, 3.8) is 0 Å². The molecule has 0 saturated heterocycles. The summed E-state index contributed by atoms with van der Waals surface area (Å²) in [5.41, 5.74) is -0.0931. The molecule has 0 fully saturated rings. The average Bonchev–Trinajstić information content (AvgIpc) is 2.26. The Labute approximate surface area is 121 Å². The summed E-state index contributed by atoms with van der Waals surface area (Å²) in [6.07, 6.45) is 1.09. The van der Waals surface area contributed by atoms with Gasteiger partial charge in [0.05, 0.1) is 0 Å². The molecule has 5 heteroatoms. The number of hydrogen-bond acceptors (Lipinski definition) is 4. The molecule has 1 aromatic rings. The largest absolute Gasteiger partial charge is 0.359 e. The Kier molecular flexibility index (Phi) is 5.56. The van der Waals surface area contributed by atoms with E-state index < -0.39 is 0 Å². The molecular formula is C14H25ClN4. The number of rotatable bonds is 5. The molecule has 0 bridgehead atoms. The molecule has 0 radical (unpaired) electrons. The zero-order valence-corrected chi connectivity index (χ0v) is 13.6. The fourth-order valence-electron chi connectivity index (χ4n) is 1.68. The van der Waals surface area contributed by atoms with Crippen LogP contribution in [0.5, 0.6) is 0 Å². The molecular weight excluding hydrogens is 260 g/mol. The minimum atomic E-state index is -0.0931. The van der Waals surface area contributed by atoms with E-state index in [1.54, 1.807) is 0 Å². The third kappa shape index (κ3) is 5.33. The molecule has 0 aliphatic carbocycles. The lowest BCUT2D eigenvalue weighted by atomic mass is 9.96. The van der Waals surface area contributed by atoms with Crippen LogP contribution in [0.4, 0.5) is 5.82 Å². The second-order valence-corrected chi connectivity index (χ2v) is 6.59. The van der Waals surface area contributed by atoms with Crippen LogP contribution >= 0.6 is 11.6 Å². The average molecular weight is 285 g/mol. The lowest BCUT2D eigenvalue weighted by Gasteiger charge is -2.23. The zero-order valence-electron chi connectivity index (χ0n) is 12.9. The van der Waals surface area contributed by atoms with Gasteiger partial charge in [0.25, 0.3) is 0 Å². The van der Waals surface area contributed by atoms with Gasteiger partial charge in [-0.25, -0.2) is 9.97 Å². The van der Waals surface area contributed by atoms with Crippen LogP contribution in [-0.2, 0) is 5.41 Å². The van der Waals surface area contributed by atoms with Gasteiger partial charge in [0, 0.05) is 25.1 Å². The summed E-state index contributed by atoms with van der Waals surface area (Å²) < 4.78 is 0. The van der Waals surface area contributed by atoms with Gasteiger partial charge in [-0.05, 0) is 27.1 Å². The van der Waals surface area contributed by atoms with Crippen LogP contribution in [0.1, 0.15) is 33.0 Å². The molecule has 19 heavy (non-hydrogen) atoms. The van der Waals surface area contributed by atoms with Crippen molar-refractivity contribution in [3.8, 4) is 0 Å². The molecule has 0 saturated carbocycles. The Balaban J connectivity index is 2.79. The minimum absolute atomic E-state index is 0.0931. The summed E-state index contributed by atoms with van der Waals surface area (Å²) in [7, 11) is 6.21.